The monoisotopic (exact) mass is 474 g/mol. The second kappa shape index (κ2) is 11.2. The van der Waals surface area contributed by atoms with Crippen LogP contribution in [-0.2, 0) is 0 Å². The van der Waals surface area contributed by atoms with Crippen molar-refractivity contribution in [3.63, 3.8) is 0 Å². The minimum atomic E-state index is -0.123. The van der Waals surface area contributed by atoms with Crippen molar-refractivity contribution in [3.05, 3.63) is 77.9 Å². The quantitative estimate of drug-likeness (QED) is 0.204. The number of H-pyrrole nitrogens is 1. The van der Waals surface area contributed by atoms with Crippen molar-refractivity contribution in [3.8, 4) is 22.8 Å². The van der Waals surface area contributed by atoms with Gasteiger partial charge in [0.2, 0.25) is 0 Å². The first-order valence-corrected chi connectivity index (χ1v) is 12.6. The molecular weight excluding hydrogens is 444 g/mol. The number of aromatic amines is 1. The number of para-hydroxylation sites is 1. The topological polar surface area (TPSA) is 63.3 Å². The number of hydrogen-bond donors (Lipinski definition) is 2. The zero-order chi connectivity index (χ0) is 23.9. The van der Waals surface area contributed by atoms with Crippen LogP contribution < -0.4 is 14.8 Å². The van der Waals surface area contributed by atoms with Gasteiger partial charge in [-0.1, -0.05) is 48.0 Å². The van der Waals surface area contributed by atoms with Crippen molar-refractivity contribution in [2.24, 2.45) is 0 Å². The maximum atomic E-state index is 12.7. The van der Waals surface area contributed by atoms with E-state index >= 15 is 0 Å². The van der Waals surface area contributed by atoms with Gasteiger partial charge < -0.3 is 19.8 Å². The van der Waals surface area contributed by atoms with Crippen molar-refractivity contribution in [1.82, 2.24) is 10.3 Å². The molecule has 0 radical (unpaired) electrons. The molecule has 1 heterocycles. The standard InChI is InChI=1S/C28H30N2O3S/c1-4-32-24-15-14-21(18-25(24)33-5-2)28(31)29-16-17-34-27-22-8-6-7-9-23(22)30-26(27)20-12-10-19(3)11-13-20/h6-15,18,30H,4-5,16-17H2,1-3H3,(H,29,31). The van der Waals surface area contributed by atoms with Crippen LogP contribution in [0.4, 0.5) is 0 Å². The van der Waals surface area contributed by atoms with E-state index in [0.29, 0.717) is 36.8 Å². The minimum Gasteiger partial charge on any atom is -0.490 e. The number of nitrogens with one attached hydrogen (secondary N) is 2. The molecule has 6 heteroatoms. The molecule has 34 heavy (non-hydrogen) atoms. The number of benzene rings is 3. The normalized spacial score (nSPS) is 10.9. The van der Waals surface area contributed by atoms with Gasteiger partial charge in [0.25, 0.3) is 5.91 Å². The Labute approximate surface area is 204 Å². The van der Waals surface area contributed by atoms with Gasteiger partial charge in [-0.25, -0.2) is 0 Å². The number of fused-ring (bicyclic) bond motifs is 1. The molecule has 0 bridgehead atoms. The van der Waals surface area contributed by atoms with Crippen LogP contribution >= 0.6 is 11.8 Å². The van der Waals surface area contributed by atoms with E-state index in [1.807, 2.05) is 19.9 Å². The molecule has 4 rings (SSSR count). The fourth-order valence-electron chi connectivity index (χ4n) is 3.80. The average molecular weight is 475 g/mol. The highest BCUT2D eigenvalue weighted by Crippen LogP contribution is 2.37. The summed E-state index contributed by atoms with van der Waals surface area (Å²) in [6.07, 6.45) is 0. The number of hydrogen-bond acceptors (Lipinski definition) is 4. The van der Waals surface area contributed by atoms with Crippen LogP contribution in [0.3, 0.4) is 0 Å². The molecule has 3 aromatic carbocycles. The maximum Gasteiger partial charge on any atom is 0.251 e. The van der Waals surface area contributed by atoms with Crippen molar-refractivity contribution in [2.75, 3.05) is 25.5 Å². The number of amides is 1. The molecule has 0 saturated carbocycles. The fourth-order valence-corrected chi connectivity index (χ4v) is 4.86. The van der Waals surface area contributed by atoms with Crippen LogP contribution in [0.2, 0.25) is 0 Å². The van der Waals surface area contributed by atoms with Crippen molar-refractivity contribution in [2.45, 2.75) is 25.7 Å². The van der Waals surface area contributed by atoms with E-state index in [2.05, 4.69) is 59.7 Å². The van der Waals surface area contributed by atoms with Crippen molar-refractivity contribution >= 4 is 28.6 Å². The molecule has 1 amide bonds. The second-order valence-corrected chi connectivity index (χ2v) is 8.98. The van der Waals surface area contributed by atoms with Crippen molar-refractivity contribution in [1.29, 1.82) is 0 Å². The van der Waals surface area contributed by atoms with Crippen LogP contribution in [0.25, 0.3) is 22.2 Å². The van der Waals surface area contributed by atoms with Crippen LogP contribution in [0.1, 0.15) is 29.8 Å². The molecule has 176 valence electrons. The van der Waals surface area contributed by atoms with E-state index in [9.17, 15) is 4.79 Å². The van der Waals surface area contributed by atoms with E-state index in [1.165, 1.54) is 15.8 Å². The van der Waals surface area contributed by atoms with Crippen LogP contribution in [-0.4, -0.2) is 36.4 Å². The third-order valence-corrected chi connectivity index (χ3v) is 6.56. The summed E-state index contributed by atoms with van der Waals surface area (Å²) >= 11 is 1.75. The predicted octanol–water partition coefficient (Wildman–Crippen LogP) is 6.46. The first-order chi connectivity index (χ1) is 16.6. The lowest BCUT2D eigenvalue weighted by Crippen LogP contribution is -2.25. The van der Waals surface area contributed by atoms with Gasteiger partial charge in [-0.3, -0.25) is 4.79 Å². The highest BCUT2D eigenvalue weighted by atomic mass is 32.2. The Hall–Kier alpha value is -3.38. The van der Waals surface area contributed by atoms with Gasteiger partial charge in [-0.05, 0) is 50.6 Å². The summed E-state index contributed by atoms with van der Waals surface area (Å²) in [5, 5.41) is 4.23. The molecule has 5 nitrogen and oxygen atoms in total. The average Bonchev–Trinajstić information content (AvgIpc) is 3.22. The largest absolute Gasteiger partial charge is 0.490 e. The number of rotatable bonds is 10. The highest BCUT2D eigenvalue weighted by Gasteiger charge is 2.15. The number of carbonyl (C=O) groups excluding carboxylic acids is 1. The van der Waals surface area contributed by atoms with E-state index < -0.39 is 0 Å². The van der Waals surface area contributed by atoms with Crippen LogP contribution in [0.5, 0.6) is 11.5 Å². The highest BCUT2D eigenvalue weighted by molar-refractivity contribution is 7.99. The van der Waals surface area contributed by atoms with E-state index in [-0.39, 0.29) is 5.91 Å². The van der Waals surface area contributed by atoms with Gasteiger partial charge >= 0.3 is 0 Å². The number of thioether (sulfide) groups is 1. The first-order valence-electron chi connectivity index (χ1n) is 11.6. The van der Waals surface area contributed by atoms with Gasteiger partial charge in [0.15, 0.2) is 11.5 Å². The molecule has 0 aliphatic rings. The molecule has 4 aromatic rings. The first kappa shape index (κ1) is 23.8. The maximum absolute atomic E-state index is 12.7. The Morgan fingerprint density at radius 2 is 1.68 bits per heavy atom. The summed E-state index contributed by atoms with van der Waals surface area (Å²) in [7, 11) is 0. The minimum absolute atomic E-state index is 0.123. The third-order valence-electron chi connectivity index (χ3n) is 5.44. The molecule has 2 N–H and O–H groups in total. The van der Waals surface area contributed by atoms with Crippen LogP contribution in [0.15, 0.2) is 71.6 Å². The molecule has 0 fully saturated rings. The van der Waals surface area contributed by atoms with Crippen molar-refractivity contribution < 1.29 is 14.3 Å². The lowest BCUT2D eigenvalue weighted by molar-refractivity contribution is 0.0955. The number of aryl methyl sites for hydroxylation is 1. The van der Waals surface area contributed by atoms with E-state index in [4.69, 9.17) is 9.47 Å². The van der Waals surface area contributed by atoms with Crippen LogP contribution in [0, 0.1) is 6.92 Å². The number of carbonyl (C=O) groups is 1. The summed E-state index contributed by atoms with van der Waals surface area (Å²) in [5.41, 5.74) is 5.18. The molecule has 1 aromatic heterocycles. The summed E-state index contributed by atoms with van der Waals surface area (Å²) in [6, 6.07) is 22.2. The van der Waals surface area contributed by atoms with Gasteiger partial charge in [0.1, 0.15) is 0 Å². The fraction of sp³-hybridized carbons (Fsp3) is 0.250. The smallest absolute Gasteiger partial charge is 0.251 e. The summed E-state index contributed by atoms with van der Waals surface area (Å²) in [5.74, 6) is 1.87. The number of ether oxygens (including phenoxy) is 2. The predicted molar refractivity (Wildman–Crippen MR) is 140 cm³/mol. The van der Waals surface area contributed by atoms with Gasteiger partial charge in [0.05, 0.1) is 18.9 Å². The van der Waals surface area contributed by atoms with E-state index in [0.717, 1.165) is 22.5 Å². The molecule has 0 atom stereocenters. The molecular formula is C28H30N2O3S. The lowest BCUT2D eigenvalue weighted by Gasteiger charge is -2.12. The van der Waals surface area contributed by atoms with Gasteiger partial charge in [-0.15, -0.1) is 11.8 Å². The number of aromatic nitrogens is 1. The Morgan fingerprint density at radius 3 is 2.44 bits per heavy atom. The van der Waals surface area contributed by atoms with Gasteiger partial charge in [-0.2, -0.15) is 0 Å². The van der Waals surface area contributed by atoms with Gasteiger partial charge in [0, 0.05) is 33.7 Å². The summed E-state index contributed by atoms with van der Waals surface area (Å²) < 4.78 is 11.2. The summed E-state index contributed by atoms with van der Waals surface area (Å²) in [6.45, 7) is 7.53. The zero-order valence-electron chi connectivity index (χ0n) is 19.8. The Bertz CT molecular complexity index is 1260. The third kappa shape index (κ3) is 5.39. The summed E-state index contributed by atoms with van der Waals surface area (Å²) in [4.78, 5) is 17.5. The Kier molecular flexibility index (Phi) is 7.80. The van der Waals surface area contributed by atoms with E-state index in [1.54, 1.807) is 30.0 Å². The molecule has 0 saturated heterocycles. The molecule has 0 aliphatic carbocycles. The Morgan fingerprint density at radius 1 is 0.941 bits per heavy atom. The molecule has 0 unspecified atom stereocenters. The SMILES string of the molecule is CCOc1ccc(C(=O)NCCSc2c(-c3ccc(C)cc3)[nH]c3ccccc23)cc1OCC. The molecule has 0 spiro atoms. The zero-order valence-corrected chi connectivity index (χ0v) is 20.6. The molecule has 0 aliphatic heterocycles. The lowest BCUT2D eigenvalue weighted by atomic mass is 10.1. The Balaban J connectivity index is 1.44. The second-order valence-electron chi connectivity index (χ2n) is 7.87.